The number of hydrogen-bond donors (Lipinski definition) is 3. The van der Waals surface area contributed by atoms with Gasteiger partial charge >= 0.3 is 12.5 Å². The third-order valence-corrected chi connectivity index (χ3v) is 4.68. The van der Waals surface area contributed by atoms with Gasteiger partial charge in [-0.3, -0.25) is 0 Å². The monoisotopic (exact) mass is 422 g/mol. The first-order chi connectivity index (χ1) is 14.2. The first kappa shape index (κ1) is 19.8. The molecule has 30 heavy (non-hydrogen) atoms. The highest BCUT2D eigenvalue weighted by atomic mass is 19.4. The van der Waals surface area contributed by atoms with Gasteiger partial charge in [0.2, 0.25) is 0 Å². The lowest BCUT2D eigenvalue weighted by molar-refractivity contribution is -0.274. The van der Waals surface area contributed by atoms with Crippen LogP contribution < -0.4 is 20.7 Å². The number of rotatable bonds is 5. The average Bonchev–Trinajstić information content (AvgIpc) is 3.03. The minimum atomic E-state index is -4.77. The number of aromatic nitrogens is 3. The fraction of sp³-hybridized carbons (Fsp3) is 0.278. The number of nitrogens with two attached hydrogens (primary N) is 1. The van der Waals surface area contributed by atoms with Gasteiger partial charge in [0.05, 0.1) is 28.5 Å². The molecule has 0 unspecified atom stereocenters. The van der Waals surface area contributed by atoms with Crippen LogP contribution in [0.5, 0.6) is 5.75 Å². The second kappa shape index (κ2) is 7.37. The summed E-state index contributed by atoms with van der Waals surface area (Å²) in [6.07, 6.45) is -4.25. The van der Waals surface area contributed by atoms with E-state index in [1.807, 2.05) is 4.90 Å². The highest BCUT2D eigenvalue weighted by molar-refractivity contribution is 5.93. The molecule has 1 saturated heterocycles. The summed E-state index contributed by atoms with van der Waals surface area (Å²) in [4.78, 5) is 17.1. The van der Waals surface area contributed by atoms with E-state index in [9.17, 15) is 18.0 Å². The first-order valence-electron chi connectivity index (χ1n) is 8.92. The van der Waals surface area contributed by atoms with E-state index in [-0.39, 0.29) is 18.3 Å². The number of pyridine rings is 1. The van der Waals surface area contributed by atoms with Crippen LogP contribution in [0.15, 0.2) is 36.5 Å². The van der Waals surface area contributed by atoms with Crippen LogP contribution in [-0.4, -0.2) is 51.5 Å². The topological polar surface area (TPSA) is 119 Å². The average molecular weight is 422 g/mol. The van der Waals surface area contributed by atoms with Crippen LogP contribution in [-0.2, 0) is 6.54 Å². The molecule has 1 fully saturated rings. The molecule has 9 nitrogen and oxygen atoms in total. The van der Waals surface area contributed by atoms with Gasteiger partial charge in [-0.15, -0.1) is 13.2 Å². The van der Waals surface area contributed by atoms with Crippen molar-refractivity contribution in [3.8, 4) is 11.4 Å². The fourth-order valence-electron chi connectivity index (χ4n) is 3.41. The number of ether oxygens (including phenoxy) is 1. The van der Waals surface area contributed by atoms with Crippen LogP contribution in [0.3, 0.4) is 0 Å². The van der Waals surface area contributed by atoms with Crippen LogP contribution >= 0.6 is 0 Å². The molecule has 12 heteroatoms. The number of nitrogens with one attached hydrogen (secondary N) is 1. The first-order valence-corrected chi connectivity index (χ1v) is 8.92. The van der Waals surface area contributed by atoms with E-state index in [1.165, 1.54) is 28.9 Å². The summed E-state index contributed by atoms with van der Waals surface area (Å²) in [7, 11) is 0. The Bertz CT molecular complexity index is 1080. The van der Waals surface area contributed by atoms with Crippen molar-refractivity contribution in [2.24, 2.45) is 5.73 Å². The van der Waals surface area contributed by atoms with E-state index in [1.54, 1.807) is 12.3 Å². The molecular weight excluding hydrogens is 405 g/mol. The molecule has 0 bridgehead atoms. The number of alkyl halides is 3. The van der Waals surface area contributed by atoms with Crippen molar-refractivity contribution in [2.75, 3.05) is 18.0 Å². The highest BCUT2D eigenvalue weighted by Crippen LogP contribution is 2.33. The number of benzene rings is 1. The third-order valence-electron chi connectivity index (χ3n) is 4.68. The van der Waals surface area contributed by atoms with Crippen molar-refractivity contribution >= 4 is 22.8 Å². The van der Waals surface area contributed by atoms with Crippen molar-refractivity contribution < 1.29 is 27.8 Å². The van der Waals surface area contributed by atoms with Crippen molar-refractivity contribution in [2.45, 2.75) is 18.9 Å². The number of carboxylic acid groups (broad SMARTS) is 1. The lowest BCUT2D eigenvalue weighted by Gasteiger charge is -2.41. The van der Waals surface area contributed by atoms with Gasteiger partial charge in [0.1, 0.15) is 5.75 Å². The van der Waals surface area contributed by atoms with Gasteiger partial charge in [0.25, 0.3) is 0 Å². The number of hydrogen-bond acceptors (Lipinski definition) is 6. The molecule has 1 aromatic carbocycles. The third kappa shape index (κ3) is 3.81. The zero-order valence-electron chi connectivity index (χ0n) is 15.4. The number of anilines is 1. The smallest absolute Gasteiger partial charge is 0.465 e. The maximum absolute atomic E-state index is 12.4. The lowest BCUT2D eigenvalue weighted by atomic mass is 10.1. The van der Waals surface area contributed by atoms with E-state index < -0.39 is 12.5 Å². The normalized spacial score (nSPS) is 14.6. The Hall–Kier alpha value is -3.54. The van der Waals surface area contributed by atoms with E-state index in [0.717, 1.165) is 5.69 Å². The summed E-state index contributed by atoms with van der Waals surface area (Å²) in [5.41, 5.74) is 8.23. The van der Waals surface area contributed by atoms with Crippen LogP contribution in [0.25, 0.3) is 16.7 Å². The Morgan fingerprint density at radius 1 is 1.27 bits per heavy atom. The molecule has 3 aromatic rings. The summed E-state index contributed by atoms with van der Waals surface area (Å²) in [5, 5.41) is 16.5. The van der Waals surface area contributed by atoms with Gasteiger partial charge in [-0.2, -0.15) is 5.10 Å². The highest BCUT2D eigenvalue weighted by Gasteiger charge is 2.32. The molecule has 0 spiro atoms. The van der Waals surface area contributed by atoms with Crippen molar-refractivity contribution in [1.29, 1.82) is 0 Å². The fourth-order valence-corrected chi connectivity index (χ4v) is 3.41. The Morgan fingerprint density at radius 3 is 2.57 bits per heavy atom. The Kier molecular flexibility index (Phi) is 4.86. The molecular formula is C18H17F3N6O3. The number of fused-ring (bicyclic) bond motifs is 1. The predicted octanol–water partition coefficient (Wildman–Crippen LogP) is 2.23. The predicted molar refractivity (Wildman–Crippen MR) is 101 cm³/mol. The molecule has 2 aromatic heterocycles. The summed E-state index contributed by atoms with van der Waals surface area (Å²) in [5.74, 6) is -0.340. The van der Waals surface area contributed by atoms with Crippen molar-refractivity contribution in [3.05, 3.63) is 42.2 Å². The summed E-state index contributed by atoms with van der Waals surface area (Å²) in [6, 6.07) is 6.89. The minimum absolute atomic E-state index is 0.127. The Labute approximate surface area is 167 Å². The molecule has 0 saturated carbocycles. The minimum Gasteiger partial charge on any atom is -0.465 e. The molecule has 3 heterocycles. The molecule has 4 N–H and O–H groups in total. The Balaban J connectivity index is 1.67. The number of carbonyl (C=O) groups is 1. The number of amides is 1. The van der Waals surface area contributed by atoms with Crippen LogP contribution in [0.1, 0.15) is 5.69 Å². The standard InChI is InChI=1S/C18H17F3N6O3/c19-18(20,21)30-12-3-1-11(2-4-12)27-16-15(13(7-22)25-27)14(5-6-23-16)26-8-10(9-26)24-17(28)29/h1-6,10,24H,7-9,22H2,(H,28,29). The van der Waals surface area contributed by atoms with Gasteiger partial charge in [0, 0.05) is 25.8 Å². The lowest BCUT2D eigenvalue weighted by Crippen LogP contribution is -2.59. The largest absolute Gasteiger partial charge is 0.573 e. The molecule has 1 aliphatic rings. The number of halogens is 3. The second-order valence-corrected chi connectivity index (χ2v) is 6.68. The van der Waals surface area contributed by atoms with Gasteiger partial charge in [-0.25, -0.2) is 14.5 Å². The quantitative estimate of drug-likeness (QED) is 0.577. The van der Waals surface area contributed by atoms with Crippen LogP contribution in [0.2, 0.25) is 0 Å². The van der Waals surface area contributed by atoms with Crippen molar-refractivity contribution in [3.63, 3.8) is 0 Å². The molecule has 0 atom stereocenters. The summed E-state index contributed by atoms with van der Waals surface area (Å²) >= 11 is 0. The van der Waals surface area contributed by atoms with Gasteiger partial charge < -0.3 is 25.8 Å². The summed E-state index contributed by atoms with van der Waals surface area (Å²) in [6.45, 7) is 1.11. The van der Waals surface area contributed by atoms with Crippen LogP contribution in [0.4, 0.5) is 23.7 Å². The SMILES string of the molecule is NCc1nn(-c2ccc(OC(F)(F)F)cc2)c2nccc(N3CC(NC(=O)O)C3)c12. The van der Waals surface area contributed by atoms with Gasteiger partial charge in [0.15, 0.2) is 5.65 Å². The Morgan fingerprint density at radius 2 is 1.97 bits per heavy atom. The molecule has 1 aliphatic heterocycles. The zero-order chi connectivity index (χ0) is 21.5. The molecule has 4 rings (SSSR count). The molecule has 0 radical (unpaired) electrons. The second-order valence-electron chi connectivity index (χ2n) is 6.68. The van der Waals surface area contributed by atoms with E-state index in [4.69, 9.17) is 10.8 Å². The van der Waals surface area contributed by atoms with Gasteiger partial charge in [-0.05, 0) is 30.3 Å². The van der Waals surface area contributed by atoms with E-state index in [2.05, 4.69) is 20.1 Å². The van der Waals surface area contributed by atoms with Crippen molar-refractivity contribution in [1.82, 2.24) is 20.1 Å². The maximum Gasteiger partial charge on any atom is 0.573 e. The van der Waals surface area contributed by atoms with E-state index >= 15 is 0 Å². The summed E-state index contributed by atoms with van der Waals surface area (Å²) < 4.78 is 42.5. The molecule has 0 aliphatic carbocycles. The number of nitrogens with zero attached hydrogens (tertiary/aromatic N) is 4. The molecule has 158 valence electrons. The van der Waals surface area contributed by atoms with E-state index in [0.29, 0.717) is 35.5 Å². The van der Waals surface area contributed by atoms with Gasteiger partial charge in [-0.1, -0.05) is 0 Å². The molecule has 1 amide bonds. The zero-order valence-corrected chi connectivity index (χ0v) is 15.4. The maximum atomic E-state index is 12.4. The van der Waals surface area contributed by atoms with Crippen LogP contribution in [0, 0.1) is 0 Å².